The van der Waals surface area contributed by atoms with Crippen LogP contribution in [0.2, 0.25) is 0 Å². The number of likely N-dealkylation sites (tertiary alicyclic amines) is 2. The van der Waals surface area contributed by atoms with Crippen LogP contribution in [0.5, 0.6) is 0 Å². The molecule has 130 valence electrons. The second kappa shape index (κ2) is 7.27. The average Bonchev–Trinajstić information content (AvgIpc) is 3.16. The van der Waals surface area contributed by atoms with Crippen LogP contribution in [0.4, 0.5) is 0 Å². The molecule has 1 aromatic rings. The Morgan fingerprint density at radius 1 is 0.958 bits per heavy atom. The zero-order valence-electron chi connectivity index (χ0n) is 13.6. The fraction of sp³-hybridized carbons (Fsp3) is 0.588. The van der Waals surface area contributed by atoms with Crippen LogP contribution < -0.4 is 0 Å². The molecule has 0 radical (unpaired) electrons. The molecule has 0 aromatic carbocycles. The second-order valence-corrected chi connectivity index (χ2v) is 6.55. The highest BCUT2D eigenvalue weighted by Crippen LogP contribution is 2.21. The fourth-order valence-corrected chi connectivity index (χ4v) is 3.71. The summed E-state index contributed by atoms with van der Waals surface area (Å²) in [6, 6.07) is 4.87. The van der Waals surface area contributed by atoms with Gasteiger partial charge in [0.1, 0.15) is 12.1 Å². The van der Waals surface area contributed by atoms with Gasteiger partial charge >= 0.3 is 11.9 Å². The van der Waals surface area contributed by atoms with E-state index in [4.69, 9.17) is 0 Å². The standard InChI is InChI=1S/C17H23N3O4/c21-16(22)14-6-2-8-19(14)10-12-4-1-5-13(18-12)11-20-9-3-7-15(20)17(23)24/h1,4-5,14-15H,2-3,6-11H2,(H,21,22)(H,23,24)/t14-,15-/m0/s1. The van der Waals surface area contributed by atoms with Crippen molar-refractivity contribution in [1.82, 2.24) is 14.8 Å². The maximum absolute atomic E-state index is 11.3. The highest BCUT2D eigenvalue weighted by atomic mass is 16.4. The Balaban J connectivity index is 1.66. The Labute approximate surface area is 140 Å². The second-order valence-electron chi connectivity index (χ2n) is 6.55. The molecule has 3 heterocycles. The van der Waals surface area contributed by atoms with E-state index in [-0.39, 0.29) is 0 Å². The van der Waals surface area contributed by atoms with Crippen molar-refractivity contribution < 1.29 is 19.8 Å². The van der Waals surface area contributed by atoms with Crippen molar-refractivity contribution in [3.05, 3.63) is 29.6 Å². The number of hydrogen-bond donors (Lipinski definition) is 2. The molecular weight excluding hydrogens is 310 g/mol. The van der Waals surface area contributed by atoms with Gasteiger partial charge in [-0.05, 0) is 50.9 Å². The Hall–Kier alpha value is -1.99. The molecule has 2 atom stereocenters. The topological polar surface area (TPSA) is 94.0 Å². The van der Waals surface area contributed by atoms with E-state index in [1.807, 2.05) is 28.0 Å². The number of carbonyl (C=O) groups is 2. The van der Waals surface area contributed by atoms with Crippen molar-refractivity contribution in [2.75, 3.05) is 13.1 Å². The monoisotopic (exact) mass is 333 g/mol. The molecule has 0 aliphatic carbocycles. The van der Waals surface area contributed by atoms with Crippen LogP contribution in [-0.4, -0.2) is 62.1 Å². The molecule has 1 aromatic heterocycles. The number of carboxylic acids is 2. The minimum atomic E-state index is -0.773. The van der Waals surface area contributed by atoms with E-state index < -0.39 is 24.0 Å². The summed E-state index contributed by atoms with van der Waals surface area (Å²) in [4.78, 5) is 31.1. The number of rotatable bonds is 6. The first-order valence-corrected chi connectivity index (χ1v) is 8.43. The maximum Gasteiger partial charge on any atom is 0.320 e. The van der Waals surface area contributed by atoms with Crippen molar-refractivity contribution in [1.29, 1.82) is 0 Å². The van der Waals surface area contributed by atoms with Gasteiger partial charge in [-0.15, -0.1) is 0 Å². The smallest absolute Gasteiger partial charge is 0.320 e. The molecule has 3 rings (SSSR count). The first-order valence-electron chi connectivity index (χ1n) is 8.43. The predicted octanol–water partition coefficient (Wildman–Crippen LogP) is 1.18. The van der Waals surface area contributed by atoms with E-state index in [0.717, 1.165) is 37.3 Å². The minimum absolute atomic E-state index is 0.426. The highest BCUT2D eigenvalue weighted by molar-refractivity contribution is 5.74. The number of carboxylic acid groups (broad SMARTS) is 2. The Morgan fingerprint density at radius 3 is 1.83 bits per heavy atom. The molecule has 7 nitrogen and oxygen atoms in total. The third-order valence-corrected chi connectivity index (χ3v) is 4.89. The summed E-state index contributed by atoms with van der Waals surface area (Å²) in [6.45, 7) is 2.59. The lowest BCUT2D eigenvalue weighted by atomic mass is 10.2. The molecule has 0 bridgehead atoms. The molecule has 7 heteroatoms. The molecule has 0 spiro atoms. The number of nitrogens with zero attached hydrogens (tertiary/aromatic N) is 3. The van der Waals surface area contributed by atoms with Gasteiger partial charge in [-0.2, -0.15) is 0 Å². The molecule has 24 heavy (non-hydrogen) atoms. The molecule has 2 aliphatic rings. The van der Waals surface area contributed by atoms with Gasteiger partial charge in [0.2, 0.25) is 0 Å². The first kappa shape index (κ1) is 16.9. The average molecular weight is 333 g/mol. The van der Waals surface area contributed by atoms with Crippen molar-refractivity contribution in [3.8, 4) is 0 Å². The quantitative estimate of drug-likeness (QED) is 0.807. The molecule has 0 amide bonds. The SMILES string of the molecule is O=C(O)[C@@H]1CCCN1Cc1cccc(CN2CCC[C@H]2C(=O)O)n1. The van der Waals surface area contributed by atoms with Crippen molar-refractivity contribution in [2.24, 2.45) is 0 Å². The summed E-state index contributed by atoms with van der Waals surface area (Å²) < 4.78 is 0. The number of pyridine rings is 1. The molecule has 2 N–H and O–H groups in total. The summed E-state index contributed by atoms with van der Waals surface area (Å²) in [5.41, 5.74) is 1.68. The molecular formula is C17H23N3O4. The van der Waals surface area contributed by atoms with Crippen LogP contribution in [0.3, 0.4) is 0 Å². The van der Waals surface area contributed by atoms with E-state index in [1.54, 1.807) is 0 Å². The van der Waals surface area contributed by atoms with Crippen molar-refractivity contribution in [2.45, 2.75) is 50.9 Å². The lowest BCUT2D eigenvalue weighted by Gasteiger charge is -2.22. The summed E-state index contributed by atoms with van der Waals surface area (Å²) in [6.07, 6.45) is 3.15. The largest absolute Gasteiger partial charge is 0.480 e. The first-order chi connectivity index (χ1) is 11.5. The number of aliphatic carboxylic acids is 2. The van der Waals surface area contributed by atoms with E-state index in [2.05, 4.69) is 4.98 Å². The Kier molecular flexibility index (Phi) is 5.11. The maximum atomic E-state index is 11.3. The lowest BCUT2D eigenvalue weighted by molar-refractivity contribution is -0.143. The molecule has 2 saturated heterocycles. The predicted molar refractivity (Wildman–Crippen MR) is 86.4 cm³/mol. The van der Waals surface area contributed by atoms with Gasteiger partial charge in [0.05, 0.1) is 11.4 Å². The summed E-state index contributed by atoms with van der Waals surface area (Å²) in [5, 5.41) is 18.5. The molecule has 0 unspecified atom stereocenters. The van der Waals surface area contributed by atoms with Crippen LogP contribution in [0.25, 0.3) is 0 Å². The highest BCUT2D eigenvalue weighted by Gasteiger charge is 2.32. The normalized spacial score (nSPS) is 25.2. The Morgan fingerprint density at radius 2 is 1.42 bits per heavy atom. The fourth-order valence-electron chi connectivity index (χ4n) is 3.71. The molecule has 2 fully saturated rings. The number of hydrogen-bond acceptors (Lipinski definition) is 5. The van der Waals surface area contributed by atoms with Crippen LogP contribution in [0.15, 0.2) is 18.2 Å². The van der Waals surface area contributed by atoms with Crippen LogP contribution in [-0.2, 0) is 22.7 Å². The lowest BCUT2D eigenvalue weighted by Crippen LogP contribution is -2.36. The van der Waals surface area contributed by atoms with Gasteiger partial charge < -0.3 is 10.2 Å². The van der Waals surface area contributed by atoms with E-state index >= 15 is 0 Å². The Bertz CT molecular complexity index is 572. The van der Waals surface area contributed by atoms with Gasteiger partial charge in [0.25, 0.3) is 0 Å². The summed E-state index contributed by atoms with van der Waals surface area (Å²) >= 11 is 0. The van der Waals surface area contributed by atoms with E-state index in [9.17, 15) is 19.8 Å². The van der Waals surface area contributed by atoms with Gasteiger partial charge in [-0.25, -0.2) is 0 Å². The van der Waals surface area contributed by atoms with Crippen molar-refractivity contribution in [3.63, 3.8) is 0 Å². The minimum Gasteiger partial charge on any atom is -0.480 e. The van der Waals surface area contributed by atoms with Gasteiger partial charge in [-0.3, -0.25) is 24.4 Å². The van der Waals surface area contributed by atoms with E-state index in [1.165, 1.54) is 0 Å². The third-order valence-electron chi connectivity index (χ3n) is 4.89. The molecule has 2 aliphatic heterocycles. The summed E-state index contributed by atoms with van der Waals surface area (Å²) in [5.74, 6) is -1.55. The van der Waals surface area contributed by atoms with Gasteiger partial charge in [0.15, 0.2) is 0 Å². The zero-order chi connectivity index (χ0) is 17.1. The van der Waals surface area contributed by atoms with Crippen molar-refractivity contribution >= 4 is 11.9 Å². The molecule has 0 saturated carbocycles. The van der Waals surface area contributed by atoms with E-state index in [0.29, 0.717) is 25.9 Å². The number of aromatic nitrogens is 1. The third kappa shape index (κ3) is 3.73. The van der Waals surface area contributed by atoms with Crippen LogP contribution in [0, 0.1) is 0 Å². The van der Waals surface area contributed by atoms with Gasteiger partial charge in [0, 0.05) is 13.1 Å². The van der Waals surface area contributed by atoms with Crippen LogP contribution >= 0.6 is 0 Å². The van der Waals surface area contributed by atoms with Gasteiger partial charge in [-0.1, -0.05) is 6.07 Å². The van der Waals surface area contributed by atoms with Crippen LogP contribution in [0.1, 0.15) is 37.1 Å². The summed E-state index contributed by atoms with van der Waals surface area (Å²) in [7, 11) is 0. The zero-order valence-corrected chi connectivity index (χ0v) is 13.6.